The fourth-order valence-corrected chi connectivity index (χ4v) is 3.95. The van der Waals surface area contributed by atoms with Gasteiger partial charge in [0.2, 0.25) is 5.91 Å². The third-order valence-electron chi connectivity index (χ3n) is 6.20. The van der Waals surface area contributed by atoms with Gasteiger partial charge in [-0.3, -0.25) is 9.69 Å². The van der Waals surface area contributed by atoms with Crippen LogP contribution in [0.15, 0.2) is 48.5 Å². The third kappa shape index (κ3) is 4.18. The van der Waals surface area contributed by atoms with E-state index in [1.807, 2.05) is 37.9 Å². The molecule has 1 fully saturated rings. The molecular formula is C25H34N2O2. The predicted molar refractivity (Wildman–Crippen MR) is 118 cm³/mol. The summed E-state index contributed by atoms with van der Waals surface area (Å²) >= 11 is 0. The van der Waals surface area contributed by atoms with Crippen LogP contribution in [0.3, 0.4) is 0 Å². The zero-order valence-corrected chi connectivity index (χ0v) is 18.8. The van der Waals surface area contributed by atoms with Crippen molar-refractivity contribution >= 4 is 5.91 Å². The first-order valence-corrected chi connectivity index (χ1v) is 10.3. The highest BCUT2D eigenvalue weighted by Gasteiger charge is 2.49. The van der Waals surface area contributed by atoms with E-state index in [1.165, 1.54) is 11.1 Å². The summed E-state index contributed by atoms with van der Waals surface area (Å²) in [7, 11) is 3.72. The second-order valence-electron chi connectivity index (χ2n) is 9.51. The molecule has 0 N–H and O–H groups in total. The molecule has 1 saturated heterocycles. The Morgan fingerprint density at radius 1 is 1.00 bits per heavy atom. The minimum absolute atomic E-state index is 0.0511. The highest BCUT2D eigenvalue weighted by molar-refractivity contribution is 5.88. The maximum atomic E-state index is 13.2. The summed E-state index contributed by atoms with van der Waals surface area (Å²) < 4.78 is 5.24. The van der Waals surface area contributed by atoms with Crippen LogP contribution in [0.4, 0.5) is 0 Å². The lowest BCUT2D eigenvalue weighted by molar-refractivity contribution is -0.132. The number of hydrogen-bond acceptors (Lipinski definition) is 3. The number of ether oxygens (including phenoxy) is 1. The van der Waals surface area contributed by atoms with Crippen molar-refractivity contribution in [3.63, 3.8) is 0 Å². The SMILES string of the molecule is COc1ccc(CCN2C(=O)C(C)(C)N(C)C2c2ccc(C(C)(C)C)cc2)cc1. The smallest absolute Gasteiger partial charge is 0.244 e. The van der Waals surface area contributed by atoms with Gasteiger partial charge in [0.25, 0.3) is 0 Å². The van der Waals surface area contributed by atoms with Crippen LogP contribution >= 0.6 is 0 Å². The molecule has 0 aromatic heterocycles. The van der Waals surface area contributed by atoms with E-state index in [2.05, 4.69) is 62.1 Å². The van der Waals surface area contributed by atoms with Gasteiger partial charge < -0.3 is 9.64 Å². The number of likely N-dealkylation sites (N-methyl/N-ethyl adjacent to an activating group) is 1. The van der Waals surface area contributed by atoms with E-state index in [1.54, 1.807) is 7.11 Å². The molecule has 1 heterocycles. The van der Waals surface area contributed by atoms with E-state index in [0.717, 1.165) is 17.7 Å². The summed E-state index contributed by atoms with van der Waals surface area (Å²) in [6.07, 6.45) is 0.765. The van der Waals surface area contributed by atoms with Crippen molar-refractivity contribution in [2.24, 2.45) is 0 Å². The molecule has 156 valence electrons. The van der Waals surface area contributed by atoms with Crippen molar-refractivity contribution in [3.8, 4) is 5.75 Å². The van der Waals surface area contributed by atoms with E-state index in [4.69, 9.17) is 4.74 Å². The molecule has 4 nitrogen and oxygen atoms in total. The fourth-order valence-electron chi connectivity index (χ4n) is 3.95. The van der Waals surface area contributed by atoms with Gasteiger partial charge in [-0.05, 0) is 61.6 Å². The number of methoxy groups -OCH3 is 1. The molecule has 0 aliphatic carbocycles. The Kier molecular flexibility index (Phi) is 5.77. The first-order valence-electron chi connectivity index (χ1n) is 10.3. The minimum Gasteiger partial charge on any atom is -0.497 e. The van der Waals surface area contributed by atoms with Crippen molar-refractivity contribution < 1.29 is 9.53 Å². The van der Waals surface area contributed by atoms with Gasteiger partial charge in [0.1, 0.15) is 11.9 Å². The van der Waals surface area contributed by atoms with Crippen LogP contribution in [0.5, 0.6) is 5.75 Å². The largest absolute Gasteiger partial charge is 0.497 e. The maximum Gasteiger partial charge on any atom is 0.244 e. The molecule has 0 bridgehead atoms. The monoisotopic (exact) mass is 394 g/mol. The molecular weight excluding hydrogens is 360 g/mol. The molecule has 1 amide bonds. The second-order valence-corrected chi connectivity index (χ2v) is 9.51. The Labute approximate surface area is 175 Å². The molecule has 1 aliphatic rings. The Morgan fingerprint density at radius 3 is 2.10 bits per heavy atom. The average Bonchev–Trinajstić information content (AvgIpc) is 2.86. The van der Waals surface area contributed by atoms with Crippen LogP contribution in [0.25, 0.3) is 0 Å². The Morgan fingerprint density at radius 2 is 1.59 bits per heavy atom. The summed E-state index contributed by atoms with van der Waals surface area (Å²) in [4.78, 5) is 17.4. The molecule has 1 aliphatic heterocycles. The number of carbonyl (C=O) groups is 1. The van der Waals surface area contributed by atoms with Crippen molar-refractivity contribution in [3.05, 3.63) is 65.2 Å². The van der Waals surface area contributed by atoms with E-state index in [-0.39, 0.29) is 17.5 Å². The molecule has 0 saturated carbocycles. The number of carbonyl (C=O) groups excluding carboxylic acids is 1. The topological polar surface area (TPSA) is 32.8 Å². The van der Waals surface area contributed by atoms with Gasteiger partial charge in [-0.1, -0.05) is 57.2 Å². The van der Waals surface area contributed by atoms with Crippen LogP contribution in [-0.4, -0.2) is 41.9 Å². The maximum absolute atomic E-state index is 13.2. The van der Waals surface area contributed by atoms with Gasteiger partial charge in [-0.25, -0.2) is 0 Å². The van der Waals surface area contributed by atoms with Crippen LogP contribution in [0.1, 0.15) is 57.5 Å². The zero-order valence-electron chi connectivity index (χ0n) is 18.8. The highest BCUT2D eigenvalue weighted by Crippen LogP contribution is 2.39. The molecule has 4 heteroatoms. The third-order valence-corrected chi connectivity index (χ3v) is 6.20. The number of hydrogen-bond donors (Lipinski definition) is 0. The number of nitrogens with zero attached hydrogens (tertiary/aromatic N) is 2. The van der Waals surface area contributed by atoms with E-state index < -0.39 is 5.54 Å². The van der Waals surface area contributed by atoms with E-state index in [9.17, 15) is 4.79 Å². The molecule has 0 spiro atoms. The lowest BCUT2D eigenvalue weighted by atomic mass is 9.86. The molecule has 1 unspecified atom stereocenters. The predicted octanol–water partition coefficient (Wildman–Crippen LogP) is 4.79. The second kappa shape index (κ2) is 7.83. The van der Waals surface area contributed by atoms with Crippen LogP contribution in [0.2, 0.25) is 0 Å². The lowest BCUT2D eigenvalue weighted by Crippen LogP contribution is -2.41. The van der Waals surface area contributed by atoms with Crippen LogP contribution in [0, 0.1) is 0 Å². The van der Waals surface area contributed by atoms with E-state index in [0.29, 0.717) is 6.54 Å². The normalized spacial score (nSPS) is 19.6. The molecule has 29 heavy (non-hydrogen) atoms. The first-order chi connectivity index (χ1) is 13.6. The lowest BCUT2D eigenvalue weighted by Gasteiger charge is -2.31. The standard InChI is InChI=1S/C25H34N2O2/c1-24(2,3)20-12-10-19(11-13-20)22-26(6)25(4,5)23(28)27(22)17-16-18-8-14-21(29-7)15-9-18/h8-15,22H,16-17H2,1-7H3. The van der Waals surface area contributed by atoms with Gasteiger partial charge in [-0.2, -0.15) is 0 Å². The summed E-state index contributed by atoms with van der Waals surface area (Å²) in [6, 6.07) is 16.8. The van der Waals surface area contributed by atoms with Crippen molar-refractivity contribution in [2.45, 2.75) is 58.2 Å². The number of amides is 1. The van der Waals surface area contributed by atoms with Crippen molar-refractivity contribution in [1.82, 2.24) is 9.80 Å². The zero-order chi connectivity index (χ0) is 21.4. The van der Waals surface area contributed by atoms with Gasteiger partial charge in [-0.15, -0.1) is 0 Å². The average molecular weight is 395 g/mol. The minimum atomic E-state index is -0.521. The summed E-state index contributed by atoms with van der Waals surface area (Å²) in [5.41, 5.74) is 3.26. The van der Waals surface area contributed by atoms with Gasteiger partial charge in [0.05, 0.1) is 12.6 Å². The highest BCUT2D eigenvalue weighted by atomic mass is 16.5. The van der Waals surface area contributed by atoms with E-state index >= 15 is 0 Å². The summed E-state index contributed by atoms with van der Waals surface area (Å²) in [6.45, 7) is 11.4. The van der Waals surface area contributed by atoms with Gasteiger partial charge >= 0.3 is 0 Å². The number of rotatable bonds is 5. The molecule has 2 aromatic rings. The molecule has 0 radical (unpaired) electrons. The Hall–Kier alpha value is -2.33. The van der Waals surface area contributed by atoms with Crippen molar-refractivity contribution in [1.29, 1.82) is 0 Å². The summed E-state index contributed by atoms with van der Waals surface area (Å²) in [5.74, 6) is 1.03. The van der Waals surface area contributed by atoms with Gasteiger partial charge in [0, 0.05) is 6.54 Å². The fraction of sp³-hybridized carbons (Fsp3) is 0.480. The summed E-state index contributed by atoms with van der Waals surface area (Å²) in [5, 5.41) is 0. The number of benzene rings is 2. The molecule has 2 aromatic carbocycles. The first kappa shape index (κ1) is 21.4. The van der Waals surface area contributed by atoms with Gasteiger partial charge in [0.15, 0.2) is 0 Å². The quantitative estimate of drug-likeness (QED) is 0.731. The van der Waals surface area contributed by atoms with Crippen LogP contribution < -0.4 is 4.74 Å². The Bertz CT molecular complexity index is 848. The van der Waals surface area contributed by atoms with Crippen LogP contribution in [-0.2, 0) is 16.6 Å². The molecule has 3 rings (SSSR count). The Balaban J connectivity index is 1.85. The van der Waals surface area contributed by atoms with Crippen molar-refractivity contribution in [2.75, 3.05) is 20.7 Å². The molecule has 1 atom stereocenters.